The second-order valence-electron chi connectivity index (χ2n) is 4.87. The van der Waals surface area contributed by atoms with Crippen molar-refractivity contribution in [2.75, 3.05) is 6.61 Å². The van der Waals surface area contributed by atoms with Crippen molar-refractivity contribution in [3.63, 3.8) is 0 Å². The van der Waals surface area contributed by atoms with Gasteiger partial charge in [0.15, 0.2) is 5.65 Å². The van der Waals surface area contributed by atoms with E-state index in [0.29, 0.717) is 5.78 Å². The zero-order valence-corrected chi connectivity index (χ0v) is 10.7. The van der Waals surface area contributed by atoms with Crippen molar-refractivity contribution in [2.24, 2.45) is 0 Å². The molecule has 19 heavy (non-hydrogen) atoms. The lowest BCUT2D eigenvalue weighted by molar-refractivity contribution is 0.0972. The molecule has 1 aliphatic rings. The molecule has 7 heteroatoms. The minimum absolute atomic E-state index is 0.274. The smallest absolute Gasteiger partial charge is 0.256 e. The molecule has 7 nitrogen and oxygen atoms in total. The van der Waals surface area contributed by atoms with E-state index in [9.17, 15) is 0 Å². The van der Waals surface area contributed by atoms with Gasteiger partial charge in [0, 0.05) is 6.61 Å². The van der Waals surface area contributed by atoms with Crippen LogP contribution in [0.25, 0.3) is 16.9 Å². The Morgan fingerprint density at radius 2 is 2.42 bits per heavy atom. The first kappa shape index (κ1) is 10.9. The van der Waals surface area contributed by atoms with Gasteiger partial charge in [0.05, 0.1) is 18.8 Å². The van der Waals surface area contributed by atoms with Crippen LogP contribution >= 0.6 is 0 Å². The molecular formula is C12H14N6O. The van der Waals surface area contributed by atoms with E-state index in [1.54, 1.807) is 12.5 Å². The number of ether oxygens (including phenoxy) is 1. The van der Waals surface area contributed by atoms with Gasteiger partial charge in [-0.2, -0.15) is 0 Å². The minimum atomic E-state index is 0.274. The van der Waals surface area contributed by atoms with Crippen molar-refractivity contribution in [2.45, 2.75) is 32.4 Å². The summed E-state index contributed by atoms with van der Waals surface area (Å²) in [4.78, 5) is 8.79. The Kier molecular flexibility index (Phi) is 2.28. The molecule has 1 aliphatic heterocycles. The molecule has 0 saturated carbocycles. The van der Waals surface area contributed by atoms with Gasteiger partial charge in [-0.1, -0.05) is 0 Å². The van der Waals surface area contributed by atoms with Gasteiger partial charge in [-0.15, -0.1) is 10.2 Å². The van der Waals surface area contributed by atoms with E-state index >= 15 is 0 Å². The second-order valence-corrected chi connectivity index (χ2v) is 4.87. The number of fused-ring (bicyclic) bond motifs is 3. The predicted molar refractivity (Wildman–Crippen MR) is 67.8 cm³/mol. The molecule has 0 aliphatic carbocycles. The molecular weight excluding hydrogens is 244 g/mol. The Morgan fingerprint density at radius 3 is 3.26 bits per heavy atom. The highest BCUT2D eigenvalue weighted by Crippen LogP contribution is 2.20. The fourth-order valence-electron chi connectivity index (χ4n) is 2.71. The number of hydrogen-bond acceptors (Lipinski definition) is 5. The van der Waals surface area contributed by atoms with Crippen molar-refractivity contribution in [1.29, 1.82) is 0 Å². The highest BCUT2D eigenvalue weighted by molar-refractivity contribution is 5.73. The van der Waals surface area contributed by atoms with Crippen molar-refractivity contribution < 1.29 is 4.74 Å². The van der Waals surface area contributed by atoms with Crippen LogP contribution in [0.15, 0.2) is 12.5 Å². The lowest BCUT2D eigenvalue weighted by Gasteiger charge is -2.12. The Bertz CT molecular complexity index is 739. The maximum absolute atomic E-state index is 5.72. The van der Waals surface area contributed by atoms with Crippen molar-refractivity contribution in [3.8, 4) is 0 Å². The molecule has 1 atom stereocenters. The summed E-state index contributed by atoms with van der Waals surface area (Å²) in [6.07, 6.45) is 5.95. The van der Waals surface area contributed by atoms with Gasteiger partial charge in [0.25, 0.3) is 5.78 Å². The fraction of sp³-hybridized carbons (Fsp3) is 0.500. The number of nitrogens with zero attached hydrogens (tertiary/aromatic N) is 6. The molecule has 0 N–H and O–H groups in total. The lowest BCUT2D eigenvalue weighted by atomic mass is 10.2. The molecule has 0 spiro atoms. The zero-order valence-electron chi connectivity index (χ0n) is 10.7. The molecule has 3 aromatic heterocycles. The first-order valence-electron chi connectivity index (χ1n) is 6.46. The van der Waals surface area contributed by atoms with Gasteiger partial charge >= 0.3 is 0 Å². The number of rotatable bonds is 2. The van der Waals surface area contributed by atoms with E-state index in [4.69, 9.17) is 4.74 Å². The lowest BCUT2D eigenvalue weighted by Crippen LogP contribution is -2.16. The van der Waals surface area contributed by atoms with Crippen LogP contribution in [0.5, 0.6) is 0 Å². The Morgan fingerprint density at radius 1 is 1.47 bits per heavy atom. The number of aryl methyl sites for hydroxylation is 1. The maximum atomic E-state index is 5.72. The normalized spacial score (nSPS) is 19.7. The number of hydrogen-bond donors (Lipinski definition) is 0. The minimum Gasteiger partial charge on any atom is -0.376 e. The molecule has 1 fully saturated rings. The summed E-state index contributed by atoms with van der Waals surface area (Å²) < 4.78 is 9.77. The summed E-state index contributed by atoms with van der Waals surface area (Å²) in [7, 11) is 0. The summed E-state index contributed by atoms with van der Waals surface area (Å²) in [5, 5.41) is 7.89. The van der Waals surface area contributed by atoms with E-state index < -0.39 is 0 Å². The average molecular weight is 258 g/mol. The Balaban J connectivity index is 1.91. The maximum Gasteiger partial charge on any atom is 0.256 e. The molecule has 0 radical (unpaired) electrons. The molecule has 0 bridgehead atoms. The highest BCUT2D eigenvalue weighted by Gasteiger charge is 2.20. The molecule has 0 aromatic carbocycles. The van der Waals surface area contributed by atoms with Crippen molar-refractivity contribution in [3.05, 3.63) is 18.3 Å². The number of imidazole rings is 1. The fourth-order valence-corrected chi connectivity index (χ4v) is 2.71. The monoisotopic (exact) mass is 258 g/mol. The largest absolute Gasteiger partial charge is 0.376 e. The molecule has 0 unspecified atom stereocenters. The van der Waals surface area contributed by atoms with Gasteiger partial charge in [-0.3, -0.25) is 0 Å². The van der Waals surface area contributed by atoms with E-state index in [1.807, 2.05) is 11.3 Å². The summed E-state index contributed by atoms with van der Waals surface area (Å²) in [5.74, 6) is 1.56. The third-order valence-corrected chi connectivity index (χ3v) is 3.63. The predicted octanol–water partition coefficient (Wildman–Crippen LogP) is 0.961. The van der Waals surface area contributed by atoms with Crippen LogP contribution in [0.3, 0.4) is 0 Å². The van der Waals surface area contributed by atoms with Crippen molar-refractivity contribution in [1.82, 2.24) is 29.1 Å². The van der Waals surface area contributed by atoms with Gasteiger partial charge in [0.2, 0.25) is 0 Å². The second kappa shape index (κ2) is 3.99. The summed E-state index contributed by atoms with van der Waals surface area (Å²) in [6, 6.07) is 0. The third-order valence-electron chi connectivity index (χ3n) is 3.63. The van der Waals surface area contributed by atoms with Gasteiger partial charge in [0.1, 0.15) is 17.7 Å². The molecule has 4 rings (SSSR count). The van der Waals surface area contributed by atoms with Crippen LogP contribution in [0.1, 0.15) is 18.7 Å². The molecule has 3 aromatic rings. The summed E-state index contributed by atoms with van der Waals surface area (Å²) in [5.41, 5.74) is 1.85. The van der Waals surface area contributed by atoms with Crippen LogP contribution < -0.4 is 0 Å². The van der Waals surface area contributed by atoms with Crippen LogP contribution in [-0.2, 0) is 11.3 Å². The first-order chi connectivity index (χ1) is 9.33. The van der Waals surface area contributed by atoms with Gasteiger partial charge < -0.3 is 9.30 Å². The SMILES string of the molecule is Cc1nc2cnc3nncn3c2n1C[C@@H]1CCCO1. The van der Waals surface area contributed by atoms with E-state index in [-0.39, 0.29) is 6.10 Å². The van der Waals surface area contributed by atoms with Crippen LogP contribution in [0, 0.1) is 6.92 Å². The average Bonchev–Trinajstić information content (AvgIpc) is 3.10. The first-order valence-corrected chi connectivity index (χ1v) is 6.46. The summed E-state index contributed by atoms with van der Waals surface area (Å²) >= 11 is 0. The van der Waals surface area contributed by atoms with Crippen LogP contribution in [0.2, 0.25) is 0 Å². The Labute approximate surface area is 109 Å². The van der Waals surface area contributed by atoms with E-state index in [2.05, 4.69) is 24.7 Å². The molecule has 0 amide bonds. The molecule has 98 valence electrons. The molecule has 4 heterocycles. The van der Waals surface area contributed by atoms with Gasteiger partial charge in [-0.05, 0) is 19.8 Å². The standard InChI is InChI=1S/C12H14N6O/c1-8-15-10-5-13-12-16-14-7-18(12)11(10)17(8)6-9-3-2-4-19-9/h5,7,9H,2-4,6H2,1H3/t9-/m0/s1. The topological polar surface area (TPSA) is 70.1 Å². The quantitative estimate of drug-likeness (QED) is 0.684. The Hall–Kier alpha value is -2.02. The zero-order chi connectivity index (χ0) is 12.8. The van der Waals surface area contributed by atoms with Crippen molar-refractivity contribution >= 4 is 16.9 Å². The van der Waals surface area contributed by atoms with Gasteiger partial charge in [-0.25, -0.2) is 14.4 Å². The van der Waals surface area contributed by atoms with E-state index in [1.165, 1.54) is 0 Å². The molecule has 1 saturated heterocycles. The third kappa shape index (κ3) is 1.61. The van der Waals surface area contributed by atoms with E-state index in [0.717, 1.165) is 43.0 Å². The van der Waals surface area contributed by atoms with Crippen LogP contribution in [-0.4, -0.2) is 41.8 Å². The highest BCUT2D eigenvalue weighted by atomic mass is 16.5. The number of aromatic nitrogens is 6. The van der Waals surface area contributed by atoms with Crippen LogP contribution in [0.4, 0.5) is 0 Å². The summed E-state index contributed by atoms with van der Waals surface area (Å²) in [6.45, 7) is 3.69.